The number of anilines is 1. The zero-order valence-corrected chi connectivity index (χ0v) is 17.7. The van der Waals surface area contributed by atoms with Crippen molar-refractivity contribution in [3.8, 4) is 5.75 Å². The van der Waals surface area contributed by atoms with Crippen molar-refractivity contribution in [3.05, 3.63) is 94.2 Å². The summed E-state index contributed by atoms with van der Waals surface area (Å²) in [6.07, 6.45) is 1.42. The second-order valence-electron chi connectivity index (χ2n) is 7.18. The Labute approximate surface area is 185 Å². The molecule has 0 amide bonds. The Morgan fingerprint density at radius 1 is 1.03 bits per heavy atom. The molecule has 4 rings (SSSR count). The number of aryl methyl sites for hydroxylation is 1. The van der Waals surface area contributed by atoms with E-state index in [0.29, 0.717) is 23.6 Å². The molecule has 0 fully saturated rings. The molecule has 0 aliphatic rings. The van der Waals surface area contributed by atoms with Gasteiger partial charge in [-0.1, -0.05) is 42.5 Å². The van der Waals surface area contributed by atoms with Gasteiger partial charge in [0.15, 0.2) is 5.65 Å². The summed E-state index contributed by atoms with van der Waals surface area (Å²) in [7, 11) is 0. The Morgan fingerprint density at radius 3 is 2.56 bits per heavy atom. The lowest BCUT2D eigenvalue weighted by atomic mass is 10.2. The van der Waals surface area contributed by atoms with Gasteiger partial charge in [0.25, 0.3) is 5.56 Å². The molecule has 0 radical (unpaired) electrons. The van der Waals surface area contributed by atoms with Crippen molar-refractivity contribution < 1.29 is 14.7 Å². The molecule has 164 valence electrons. The summed E-state index contributed by atoms with van der Waals surface area (Å²) < 4.78 is 6.60. The van der Waals surface area contributed by atoms with E-state index in [1.807, 2.05) is 61.5 Å². The van der Waals surface area contributed by atoms with Crippen LogP contribution in [0.1, 0.15) is 16.8 Å². The summed E-state index contributed by atoms with van der Waals surface area (Å²) in [4.78, 5) is 27.3. The minimum absolute atomic E-state index is 0.0294. The number of rotatable bonds is 9. The molecule has 32 heavy (non-hydrogen) atoms. The van der Waals surface area contributed by atoms with Crippen molar-refractivity contribution in [2.24, 2.45) is 0 Å². The number of hydrogen-bond donors (Lipinski definition) is 2. The standard InChI is InChI=1S/C24H24N4O4/c1-17-23-21(25-14-18-7-9-20(10-8-18)31-12-11-29)13-22(30)28(24(23)27-16-26-17)32-15-19-5-3-2-4-6-19/h2-10,13,16,25,29H,11-12,14-15H2,1H3. The lowest BCUT2D eigenvalue weighted by Crippen LogP contribution is -2.28. The highest BCUT2D eigenvalue weighted by atomic mass is 16.7. The maximum atomic E-state index is 12.8. The quantitative estimate of drug-likeness (QED) is 0.420. The molecule has 4 aromatic rings. The minimum atomic E-state index is -0.318. The van der Waals surface area contributed by atoms with Gasteiger partial charge in [-0.05, 0) is 30.2 Å². The van der Waals surface area contributed by atoms with Gasteiger partial charge in [0.2, 0.25) is 0 Å². The molecule has 0 spiro atoms. The van der Waals surface area contributed by atoms with Crippen LogP contribution in [-0.2, 0) is 13.2 Å². The number of nitrogens with one attached hydrogen (secondary N) is 1. The van der Waals surface area contributed by atoms with Crippen molar-refractivity contribution in [2.75, 3.05) is 18.5 Å². The van der Waals surface area contributed by atoms with Gasteiger partial charge >= 0.3 is 0 Å². The highest BCUT2D eigenvalue weighted by Gasteiger charge is 2.14. The summed E-state index contributed by atoms with van der Waals surface area (Å²) in [5, 5.41) is 12.9. The van der Waals surface area contributed by atoms with Gasteiger partial charge in [-0.25, -0.2) is 9.97 Å². The number of aliphatic hydroxyl groups is 1. The zero-order chi connectivity index (χ0) is 22.3. The highest BCUT2D eigenvalue weighted by molar-refractivity contribution is 5.90. The molecular weight excluding hydrogens is 408 g/mol. The zero-order valence-electron chi connectivity index (χ0n) is 17.7. The molecule has 0 aliphatic heterocycles. The summed E-state index contributed by atoms with van der Waals surface area (Å²) in [5.74, 6) is 0.690. The van der Waals surface area contributed by atoms with Crippen molar-refractivity contribution in [1.29, 1.82) is 0 Å². The molecule has 2 heterocycles. The molecule has 0 atom stereocenters. The average molecular weight is 432 g/mol. The number of fused-ring (bicyclic) bond motifs is 1. The number of hydrogen-bond acceptors (Lipinski definition) is 7. The summed E-state index contributed by atoms with van der Waals surface area (Å²) in [5.41, 5.74) is 3.43. The van der Waals surface area contributed by atoms with Gasteiger partial charge in [0, 0.05) is 12.6 Å². The van der Waals surface area contributed by atoms with Crippen LogP contribution in [0.2, 0.25) is 0 Å². The number of nitrogens with zero attached hydrogens (tertiary/aromatic N) is 3. The van der Waals surface area contributed by atoms with E-state index in [4.69, 9.17) is 14.7 Å². The van der Waals surface area contributed by atoms with Gasteiger partial charge in [0.1, 0.15) is 25.3 Å². The van der Waals surface area contributed by atoms with E-state index >= 15 is 0 Å². The van der Waals surface area contributed by atoms with Crippen LogP contribution in [0.3, 0.4) is 0 Å². The fraction of sp³-hybridized carbons (Fsp3) is 0.208. The molecule has 0 unspecified atom stereocenters. The molecule has 0 saturated carbocycles. The molecule has 8 heteroatoms. The van der Waals surface area contributed by atoms with E-state index in [0.717, 1.165) is 22.2 Å². The summed E-state index contributed by atoms with van der Waals surface area (Å²) in [6, 6.07) is 18.7. The molecule has 2 aromatic heterocycles. The monoisotopic (exact) mass is 432 g/mol. The maximum Gasteiger partial charge on any atom is 0.287 e. The summed E-state index contributed by atoms with van der Waals surface area (Å²) in [6.45, 7) is 2.84. The fourth-order valence-electron chi connectivity index (χ4n) is 3.33. The van der Waals surface area contributed by atoms with Crippen molar-refractivity contribution in [1.82, 2.24) is 14.7 Å². The van der Waals surface area contributed by atoms with Crippen LogP contribution in [0.15, 0.2) is 71.8 Å². The van der Waals surface area contributed by atoms with Gasteiger partial charge < -0.3 is 20.0 Å². The fourth-order valence-corrected chi connectivity index (χ4v) is 3.33. The number of benzene rings is 2. The molecule has 0 aliphatic carbocycles. The predicted octanol–water partition coefficient (Wildman–Crippen LogP) is 2.71. The van der Waals surface area contributed by atoms with Crippen molar-refractivity contribution in [2.45, 2.75) is 20.1 Å². The third-order valence-corrected chi connectivity index (χ3v) is 4.92. The lowest BCUT2D eigenvalue weighted by molar-refractivity contribution is 0.0979. The van der Waals surface area contributed by atoms with E-state index in [1.54, 1.807) is 0 Å². The van der Waals surface area contributed by atoms with Crippen molar-refractivity contribution in [3.63, 3.8) is 0 Å². The van der Waals surface area contributed by atoms with E-state index in [2.05, 4.69) is 15.3 Å². The molecule has 2 aromatic carbocycles. The Bertz CT molecular complexity index is 1240. The Balaban J connectivity index is 1.58. The first kappa shape index (κ1) is 21.3. The molecule has 0 bridgehead atoms. The van der Waals surface area contributed by atoms with E-state index in [9.17, 15) is 4.79 Å². The van der Waals surface area contributed by atoms with Crippen LogP contribution < -0.4 is 20.5 Å². The molecule has 0 saturated heterocycles. The highest BCUT2D eigenvalue weighted by Crippen LogP contribution is 2.23. The second kappa shape index (κ2) is 9.93. The first-order valence-corrected chi connectivity index (χ1v) is 10.3. The maximum absolute atomic E-state index is 12.8. The molecule has 8 nitrogen and oxygen atoms in total. The number of aromatic nitrogens is 3. The van der Waals surface area contributed by atoms with Crippen LogP contribution in [0.4, 0.5) is 5.69 Å². The van der Waals surface area contributed by atoms with Crippen molar-refractivity contribution >= 4 is 16.7 Å². The largest absolute Gasteiger partial charge is 0.491 e. The Kier molecular flexibility index (Phi) is 6.62. The predicted molar refractivity (Wildman–Crippen MR) is 122 cm³/mol. The third-order valence-electron chi connectivity index (χ3n) is 4.92. The minimum Gasteiger partial charge on any atom is -0.491 e. The van der Waals surface area contributed by atoms with Crippen LogP contribution in [0, 0.1) is 6.92 Å². The summed E-state index contributed by atoms with van der Waals surface area (Å²) >= 11 is 0. The van der Waals surface area contributed by atoms with E-state index in [1.165, 1.54) is 17.1 Å². The van der Waals surface area contributed by atoms with Gasteiger partial charge in [-0.3, -0.25) is 4.79 Å². The van der Waals surface area contributed by atoms with Crippen LogP contribution >= 0.6 is 0 Å². The number of ether oxygens (including phenoxy) is 1. The third kappa shape index (κ3) is 4.87. The first-order valence-electron chi connectivity index (χ1n) is 10.3. The van der Waals surface area contributed by atoms with E-state index in [-0.39, 0.29) is 25.4 Å². The lowest BCUT2D eigenvalue weighted by Gasteiger charge is -2.15. The Hall–Kier alpha value is -3.91. The number of pyridine rings is 1. The van der Waals surface area contributed by atoms with Crippen LogP contribution in [0.5, 0.6) is 5.75 Å². The SMILES string of the molecule is Cc1ncnc2c1c(NCc1ccc(OCCO)cc1)cc(=O)n2OCc1ccccc1. The Morgan fingerprint density at radius 2 is 1.81 bits per heavy atom. The average Bonchev–Trinajstić information content (AvgIpc) is 2.82. The van der Waals surface area contributed by atoms with E-state index < -0.39 is 0 Å². The van der Waals surface area contributed by atoms with Crippen LogP contribution in [-0.4, -0.2) is 33.0 Å². The smallest absolute Gasteiger partial charge is 0.287 e. The van der Waals surface area contributed by atoms with Crippen LogP contribution in [0.25, 0.3) is 11.0 Å². The van der Waals surface area contributed by atoms with Gasteiger partial charge in [0.05, 0.1) is 23.4 Å². The second-order valence-corrected chi connectivity index (χ2v) is 7.18. The van der Waals surface area contributed by atoms with Gasteiger partial charge in [-0.2, -0.15) is 0 Å². The normalized spacial score (nSPS) is 10.8. The number of aliphatic hydroxyl groups excluding tert-OH is 1. The van der Waals surface area contributed by atoms with Gasteiger partial charge in [-0.15, -0.1) is 4.73 Å². The molecular formula is C24H24N4O4. The topological polar surface area (TPSA) is 98.5 Å². The first-order chi connectivity index (χ1) is 15.7. The molecule has 2 N–H and O–H groups in total.